The van der Waals surface area contributed by atoms with E-state index in [1.807, 2.05) is 30.3 Å². The first-order valence-corrected chi connectivity index (χ1v) is 5.78. The summed E-state index contributed by atoms with van der Waals surface area (Å²) in [5.41, 5.74) is 2.76. The Bertz CT molecular complexity index is 763. The molecule has 0 aliphatic heterocycles. The molecule has 0 aliphatic rings. The van der Waals surface area contributed by atoms with Crippen molar-refractivity contribution in [3.63, 3.8) is 0 Å². The molecule has 0 saturated heterocycles. The number of nitrogens with zero attached hydrogens (tertiary/aromatic N) is 2. The van der Waals surface area contributed by atoms with Crippen LogP contribution in [0.3, 0.4) is 0 Å². The predicted octanol–water partition coefficient (Wildman–Crippen LogP) is 3.00. The lowest BCUT2D eigenvalue weighted by atomic mass is 10.0. The molecule has 0 aliphatic carbocycles. The minimum atomic E-state index is -0.979. The molecule has 0 radical (unpaired) electrons. The van der Waals surface area contributed by atoms with Crippen LogP contribution in [0.2, 0.25) is 0 Å². The molecule has 0 saturated carbocycles. The molecular weight excluding hydrogens is 240 g/mol. The molecule has 0 unspecified atom stereocenters. The van der Waals surface area contributed by atoms with Crippen molar-refractivity contribution in [2.24, 2.45) is 0 Å². The van der Waals surface area contributed by atoms with Gasteiger partial charge in [-0.3, -0.25) is 9.97 Å². The fourth-order valence-corrected chi connectivity index (χ4v) is 2.06. The zero-order valence-corrected chi connectivity index (χ0v) is 9.95. The first-order valence-electron chi connectivity index (χ1n) is 5.78. The number of aromatic carboxylic acids is 1. The Morgan fingerprint density at radius 3 is 2.84 bits per heavy atom. The van der Waals surface area contributed by atoms with E-state index in [9.17, 15) is 4.79 Å². The van der Waals surface area contributed by atoms with Crippen LogP contribution in [-0.2, 0) is 0 Å². The largest absolute Gasteiger partial charge is 0.478 e. The second-order valence-electron chi connectivity index (χ2n) is 4.14. The molecule has 0 bridgehead atoms. The first-order chi connectivity index (χ1) is 9.25. The van der Waals surface area contributed by atoms with E-state index in [2.05, 4.69) is 9.97 Å². The SMILES string of the molecule is O=C(O)c1cncc(-c2cccc3ncccc23)c1. The number of hydrogen-bond donors (Lipinski definition) is 1. The molecule has 3 aromatic rings. The van der Waals surface area contributed by atoms with Crippen molar-refractivity contribution in [3.05, 3.63) is 60.6 Å². The van der Waals surface area contributed by atoms with E-state index < -0.39 is 5.97 Å². The van der Waals surface area contributed by atoms with Crippen molar-refractivity contribution in [1.29, 1.82) is 0 Å². The monoisotopic (exact) mass is 250 g/mol. The van der Waals surface area contributed by atoms with E-state index in [1.54, 1.807) is 18.5 Å². The topological polar surface area (TPSA) is 63.1 Å². The van der Waals surface area contributed by atoms with Gasteiger partial charge in [-0.1, -0.05) is 18.2 Å². The van der Waals surface area contributed by atoms with Gasteiger partial charge in [-0.05, 0) is 23.8 Å². The van der Waals surface area contributed by atoms with Crippen LogP contribution in [0.25, 0.3) is 22.0 Å². The van der Waals surface area contributed by atoms with Crippen molar-refractivity contribution in [3.8, 4) is 11.1 Å². The number of carboxylic acid groups (broad SMARTS) is 1. The maximum absolute atomic E-state index is 11.0. The smallest absolute Gasteiger partial charge is 0.337 e. The van der Waals surface area contributed by atoms with Crippen molar-refractivity contribution >= 4 is 16.9 Å². The first kappa shape index (κ1) is 11.3. The third-order valence-electron chi connectivity index (χ3n) is 2.94. The lowest BCUT2D eigenvalue weighted by Crippen LogP contribution is -1.97. The van der Waals surface area contributed by atoms with Crippen LogP contribution < -0.4 is 0 Å². The second kappa shape index (κ2) is 4.49. The van der Waals surface area contributed by atoms with Gasteiger partial charge >= 0.3 is 5.97 Å². The molecule has 0 spiro atoms. The van der Waals surface area contributed by atoms with Crippen LogP contribution in [-0.4, -0.2) is 21.0 Å². The third kappa shape index (κ3) is 2.04. The fourth-order valence-electron chi connectivity index (χ4n) is 2.06. The fraction of sp³-hybridized carbons (Fsp3) is 0. The van der Waals surface area contributed by atoms with E-state index >= 15 is 0 Å². The minimum absolute atomic E-state index is 0.179. The molecule has 92 valence electrons. The van der Waals surface area contributed by atoms with E-state index in [1.165, 1.54) is 6.20 Å². The van der Waals surface area contributed by atoms with Gasteiger partial charge in [0.25, 0.3) is 0 Å². The quantitative estimate of drug-likeness (QED) is 0.759. The molecule has 1 N–H and O–H groups in total. The highest BCUT2D eigenvalue weighted by Gasteiger charge is 2.08. The summed E-state index contributed by atoms with van der Waals surface area (Å²) < 4.78 is 0. The van der Waals surface area contributed by atoms with Gasteiger partial charge in [-0.2, -0.15) is 0 Å². The number of aromatic nitrogens is 2. The van der Waals surface area contributed by atoms with Crippen LogP contribution in [0.5, 0.6) is 0 Å². The highest BCUT2D eigenvalue weighted by atomic mass is 16.4. The molecule has 4 nitrogen and oxygen atoms in total. The van der Waals surface area contributed by atoms with Gasteiger partial charge in [0.05, 0.1) is 11.1 Å². The Balaban J connectivity index is 2.24. The Morgan fingerprint density at radius 2 is 2.00 bits per heavy atom. The molecular formula is C15H10N2O2. The number of hydrogen-bond acceptors (Lipinski definition) is 3. The summed E-state index contributed by atoms with van der Waals surface area (Å²) >= 11 is 0. The lowest BCUT2D eigenvalue weighted by molar-refractivity contribution is 0.0696. The maximum Gasteiger partial charge on any atom is 0.337 e. The third-order valence-corrected chi connectivity index (χ3v) is 2.94. The maximum atomic E-state index is 11.0. The molecule has 1 aromatic carbocycles. The van der Waals surface area contributed by atoms with Crippen LogP contribution >= 0.6 is 0 Å². The number of pyridine rings is 2. The van der Waals surface area contributed by atoms with E-state index in [4.69, 9.17) is 5.11 Å². The normalized spacial score (nSPS) is 10.5. The summed E-state index contributed by atoms with van der Waals surface area (Å²) in [5, 5.41) is 10.00. The van der Waals surface area contributed by atoms with Crippen molar-refractivity contribution in [2.75, 3.05) is 0 Å². The average Bonchev–Trinajstić information content (AvgIpc) is 2.47. The summed E-state index contributed by atoms with van der Waals surface area (Å²) in [6.45, 7) is 0. The summed E-state index contributed by atoms with van der Waals surface area (Å²) in [6, 6.07) is 11.2. The number of carbonyl (C=O) groups is 1. The summed E-state index contributed by atoms with van der Waals surface area (Å²) in [6.07, 6.45) is 4.74. The zero-order valence-electron chi connectivity index (χ0n) is 9.95. The predicted molar refractivity (Wildman–Crippen MR) is 71.9 cm³/mol. The van der Waals surface area contributed by atoms with Crippen LogP contribution in [0, 0.1) is 0 Å². The molecule has 2 aromatic heterocycles. The standard InChI is InChI=1S/C15H10N2O2/c18-15(19)11-7-10(8-16-9-11)12-3-1-5-14-13(12)4-2-6-17-14/h1-9H,(H,18,19). The lowest BCUT2D eigenvalue weighted by Gasteiger charge is -2.06. The molecule has 19 heavy (non-hydrogen) atoms. The van der Waals surface area contributed by atoms with E-state index in [0.717, 1.165) is 22.0 Å². The number of benzene rings is 1. The summed E-state index contributed by atoms with van der Waals surface area (Å²) in [5.74, 6) is -0.979. The molecule has 0 amide bonds. The van der Waals surface area contributed by atoms with Gasteiger partial charge in [0, 0.05) is 29.5 Å². The highest BCUT2D eigenvalue weighted by Crippen LogP contribution is 2.27. The number of rotatable bonds is 2. The Kier molecular flexibility index (Phi) is 2.68. The molecule has 4 heteroatoms. The van der Waals surface area contributed by atoms with Gasteiger partial charge < -0.3 is 5.11 Å². The average molecular weight is 250 g/mol. The zero-order chi connectivity index (χ0) is 13.2. The van der Waals surface area contributed by atoms with Gasteiger partial charge in [0.1, 0.15) is 0 Å². The highest BCUT2D eigenvalue weighted by molar-refractivity contribution is 5.96. The van der Waals surface area contributed by atoms with Gasteiger partial charge in [-0.25, -0.2) is 4.79 Å². The van der Waals surface area contributed by atoms with Gasteiger partial charge in [0.2, 0.25) is 0 Å². The molecule has 0 fully saturated rings. The molecule has 3 rings (SSSR count). The van der Waals surface area contributed by atoms with E-state index in [0.29, 0.717) is 0 Å². The number of carboxylic acids is 1. The van der Waals surface area contributed by atoms with Gasteiger partial charge in [-0.15, -0.1) is 0 Å². The summed E-state index contributed by atoms with van der Waals surface area (Å²) in [7, 11) is 0. The Hall–Kier alpha value is -2.75. The minimum Gasteiger partial charge on any atom is -0.478 e. The Labute approximate surface area is 109 Å². The van der Waals surface area contributed by atoms with Crippen LogP contribution in [0.1, 0.15) is 10.4 Å². The van der Waals surface area contributed by atoms with Crippen LogP contribution in [0.4, 0.5) is 0 Å². The van der Waals surface area contributed by atoms with Crippen LogP contribution in [0.15, 0.2) is 55.0 Å². The molecule has 0 atom stereocenters. The van der Waals surface area contributed by atoms with Crippen molar-refractivity contribution in [2.45, 2.75) is 0 Å². The second-order valence-corrected chi connectivity index (χ2v) is 4.14. The van der Waals surface area contributed by atoms with Crippen molar-refractivity contribution < 1.29 is 9.90 Å². The Morgan fingerprint density at radius 1 is 1.11 bits per heavy atom. The summed E-state index contributed by atoms with van der Waals surface area (Å²) in [4.78, 5) is 19.3. The van der Waals surface area contributed by atoms with Gasteiger partial charge in [0.15, 0.2) is 0 Å². The number of fused-ring (bicyclic) bond motifs is 1. The van der Waals surface area contributed by atoms with Crippen molar-refractivity contribution in [1.82, 2.24) is 9.97 Å². The van der Waals surface area contributed by atoms with E-state index in [-0.39, 0.29) is 5.56 Å². The molecule has 2 heterocycles.